The van der Waals surface area contributed by atoms with Crippen LogP contribution in [0.3, 0.4) is 0 Å². The standard InChI is InChI=1S/C15H16N2O6S2.Na/c1-15(2)9(14(22)23)17-11(19)8(12(17)25-15)16-10(18)7(13(20)21)6-3-4-24-5-6;/h3-5,7-9,12H,1-2H3,(H,16,18)(H,20,21)(H,22,23);/q;+1/t7?,8-,9+,12-;/m1./s1. The summed E-state index contributed by atoms with van der Waals surface area (Å²) in [6, 6.07) is -0.344. The van der Waals surface area contributed by atoms with Crippen LogP contribution in [0.25, 0.3) is 0 Å². The summed E-state index contributed by atoms with van der Waals surface area (Å²) in [6.07, 6.45) is 0. The number of carboxylic acids is 2. The molecule has 8 nitrogen and oxygen atoms in total. The predicted molar refractivity (Wildman–Crippen MR) is 90.4 cm³/mol. The number of hydrogen-bond donors (Lipinski definition) is 3. The van der Waals surface area contributed by atoms with Gasteiger partial charge in [0.2, 0.25) is 11.8 Å². The van der Waals surface area contributed by atoms with Crippen molar-refractivity contribution in [1.82, 2.24) is 10.2 Å². The minimum Gasteiger partial charge on any atom is -0.480 e. The summed E-state index contributed by atoms with van der Waals surface area (Å²) < 4.78 is -0.703. The predicted octanol–water partition coefficient (Wildman–Crippen LogP) is -2.45. The number of nitrogens with zero attached hydrogens (tertiary/aromatic N) is 1. The Morgan fingerprint density at radius 1 is 1.31 bits per heavy atom. The number of amides is 2. The summed E-state index contributed by atoms with van der Waals surface area (Å²) in [5.74, 6) is -5.08. The monoisotopic (exact) mass is 407 g/mol. The smallest absolute Gasteiger partial charge is 0.480 e. The van der Waals surface area contributed by atoms with Gasteiger partial charge in [-0.2, -0.15) is 11.3 Å². The van der Waals surface area contributed by atoms with Gasteiger partial charge in [0.05, 0.1) is 0 Å². The van der Waals surface area contributed by atoms with E-state index in [4.69, 9.17) is 0 Å². The second kappa shape index (κ2) is 7.51. The van der Waals surface area contributed by atoms with E-state index in [1.807, 2.05) is 0 Å². The molecule has 4 atom stereocenters. The molecule has 0 spiro atoms. The van der Waals surface area contributed by atoms with Gasteiger partial charge < -0.3 is 20.4 Å². The molecule has 3 N–H and O–H groups in total. The topological polar surface area (TPSA) is 124 Å². The van der Waals surface area contributed by atoms with Crippen molar-refractivity contribution in [3.8, 4) is 0 Å². The van der Waals surface area contributed by atoms with Crippen molar-refractivity contribution in [2.24, 2.45) is 0 Å². The first-order valence-electron chi connectivity index (χ1n) is 7.43. The molecule has 3 heterocycles. The zero-order valence-electron chi connectivity index (χ0n) is 14.3. The summed E-state index contributed by atoms with van der Waals surface area (Å²) in [5, 5.41) is 23.9. The van der Waals surface area contributed by atoms with E-state index in [1.165, 1.54) is 28.0 Å². The third-order valence-corrected chi connectivity index (χ3v) is 6.63. The molecule has 0 saturated carbocycles. The maximum absolute atomic E-state index is 12.4. The van der Waals surface area contributed by atoms with Crippen LogP contribution in [0.5, 0.6) is 0 Å². The number of nitrogens with one attached hydrogen (secondary N) is 1. The number of rotatable bonds is 5. The number of carboxylic acid groups (broad SMARTS) is 2. The molecule has 0 aliphatic carbocycles. The molecule has 2 aliphatic rings. The third kappa shape index (κ3) is 3.40. The molecule has 2 amide bonds. The minimum absolute atomic E-state index is 0. The van der Waals surface area contributed by atoms with E-state index in [9.17, 15) is 29.4 Å². The van der Waals surface area contributed by atoms with E-state index >= 15 is 0 Å². The van der Waals surface area contributed by atoms with Crippen molar-refractivity contribution in [3.05, 3.63) is 22.4 Å². The molecule has 11 heteroatoms. The van der Waals surface area contributed by atoms with Crippen molar-refractivity contribution < 1.29 is 58.9 Å². The first-order chi connectivity index (χ1) is 11.6. The second-order valence-electron chi connectivity index (χ2n) is 6.41. The van der Waals surface area contributed by atoms with Crippen LogP contribution in [0, 0.1) is 0 Å². The zero-order chi connectivity index (χ0) is 18.5. The summed E-state index contributed by atoms with van der Waals surface area (Å²) >= 11 is 2.56. The average molecular weight is 407 g/mol. The average Bonchev–Trinajstić information content (AvgIpc) is 3.09. The van der Waals surface area contributed by atoms with Crippen molar-refractivity contribution in [2.75, 3.05) is 0 Å². The molecule has 134 valence electrons. The fourth-order valence-electron chi connectivity index (χ4n) is 3.23. The first-order valence-corrected chi connectivity index (χ1v) is 9.25. The van der Waals surface area contributed by atoms with Crippen LogP contribution < -0.4 is 34.9 Å². The Hall–Kier alpha value is -1.07. The van der Waals surface area contributed by atoms with Crippen LogP contribution >= 0.6 is 23.1 Å². The second-order valence-corrected chi connectivity index (χ2v) is 8.96. The molecule has 2 fully saturated rings. The van der Waals surface area contributed by atoms with Crippen molar-refractivity contribution >= 4 is 46.9 Å². The van der Waals surface area contributed by atoms with Gasteiger partial charge in [0, 0.05) is 4.75 Å². The maximum Gasteiger partial charge on any atom is 1.00 e. The Kier molecular flexibility index (Phi) is 6.13. The minimum atomic E-state index is -1.40. The maximum atomic E-state index is 12.4. The van der Waals surface area contributed by atoms with E-state index in [0.717, 1.165) is 0 Å². The molecule has 3 rings (SSSR count). The Bertz CT molecular complexity index is 753. The van der Waals surface area contributed by atoms with E-state index in [2.05, 4.69) is 5.32 Å². The number of fused-ring (bicyclic) bond motifs is 1. The summed E-state index contributed by atoms with van der Waals surface area (Å²) in [5.41, 5.74) is 0.349. The zero-order valence-corrected chi connectivity index (χ0v) is 18.0. The van der Waals surface area contributed by atoms with E-state index < -0.39 is 51.9 Å². The Labute approximate surface area is 179 Å². The van der Waals surface area contributed by atoms with Crippen LogP contribution in [0.4, 0.5) is 0 Å². The van der Waals surface area contributed by atoms with Gasteiger partial charge >= 0.3 is 41.5 Å². The summed E-state index contributed by atoms with van der Waals surface area (Å²) in [4.78, 5) is 48.9. The molecule has 0 radical (unpaired) electrons. The Morgan fingerprint density at radius 3 is 2.46 bits per heavy atom. The van der Waals surface area contributed by atoms with Gasteiger partial charge in [-0.25, -0.2) is 4.79 Å². The number of hydrogen-bond acceptors (Lipinski definition) is 6. The number of β-lactam (4-membered cyclic amide) rings is 1. The number of carbonyl (C=O) groups is 4. The quantitative estimate of drug-likeness (QED) is 0.281. The molecule has 2 aliphatic heterocycles. The van der Waals surface area contributed by atoms with Gasteiger partial charge in [-0.15, -0.1) is 11.8 Å². The molecule has 2 saturated heterocycles. The normalized spacial score (nSPS) is 26.9. The van der Waals surface area contributed by atoms with Crippen molar-refractivity contribution in [3.63, 3.8) is 0 Å². The molecule has 1 unspecified atom stereocenters. The largest absolute Gasteiger partial charge is 1.00 e. The fraction of sp³-hybridized carbons (Fsp3) is 0.467. The van der Waals surface area contributed by atoms with Crippen molar-refractivity contribution in [1.29, 1.82) is 0 Å². The van der Waals surface area contributed by atoms with E-state index in [-0.39, 0.29) is 29.6 Å². The van der Waals surface area contributed by atoms with Crippen LogP contribution in [0.1, 0.15) is 25.3 Å². The van der Waals surface area contributed by atoms with Gasteiger partial charge in [0.15, 0.2) is 5.92 Å². The van der Waals surface area contributed by atoms with Gasteiger partial charge in [0.1, 0.15) is 17.5 Å². The van der Waals surface area contributed by atoms with Crippen LogP contribution in [0.2, 0.25) is 0 Å². The molecule has 26 heavy (non-hydrogen) atoms. The van der Waals surface area contributed by atoms with E-state index in [0.29, 0.717) is 5.56 Å². The molecular weight excluding hydrogens is 391 g/mol. The summed E-state index contributed by atoms with van der Waals surface area (Å²) in [7, 11) is 0. The number of carbonyl (C=O) groups excluding carboxylic acids is 2. The van der Waals surface area contributed by atoms with Crippen LogP contribution in [-0.2, 0) is 19.2 Å². The van der Waals surface area contributed by atoms with Crippen molar-refractivity contribution in [2.45, 2.75) is 42.0 Å². The SMILES string of the molecule is CC1(C)S[C@@H]2[C@H](NC(=O)C(C(=O)O)c3ccsc3)C(=O)N2[C@H]1C(=O)O.[Na+]. The molecule has 0 bridgehead atoms. The van der Waals surface area contributed by atoms with Crippen LogP contribution in [0.15, 0.2) is 16.8 Å². The molecule has 1 aromatic heterocycles. The molecular formula is C15H16N2NaO6S2+. The fourth-order valence-corrected chi connectivity index (χ4v) is 5.54. The third-order valence-electron chi connectivity index (χ3n) is 4.36. The van der Waals surface area contributed by atoms with Gasteiger partial charge in [-0.3, -0.25) is 14.4 Å². The number of thiophene rings is 1. The van der Waals surface area contributed by atoms with Gasteiger partial charge in [-0.05, 0) is 36.2 Å². The first kappa shape index (κ1) is 21.2. The van der Waals surface area contributed by atoms with Crippen LogP contribution in [-0.4, -0.2) is 61.1 Å². The molecule has 0 aromatic carbocycles. The van der Waals surface area contributed by atoms with Gasteiger partial charge in [0.25, 0.3) is 0 Å². The number of thioether (sulfide) groups is 1. The summed E-state index contributed by atoms with van der Waals surface area (Å²) in [6.45, 7) is 3.46. The van der Waals surface area contributed by atoms with Gasteiger partial charge in [-0.1, -0.05) is 0 Å². The Morgan fingerprint density at radius 2 is 1.96 bits per heavy atom. The Balaban J connectivity index is 0.00000243. The number of aliphatic carboxylic acids is 2. The van der Waals surface area contributed by atoms with E-state index in [1.54, 1.807) is 30.7 Å². The molecule has 1 aromatic rings.